The van der Waals surface area contributed by atoms with Crippen molar-refractivity contribution in [3.8, 4) is 0 Å². The molecule has 0 saturated heterocycles. The molecule has 76 valence electrons. The van der Waals surface area contributed by atoms with E-state index in [-0.39, 0.29) is 6.61 Å². The van der Waals surface area contributed by atoms with Crippen molar-refractivity contribution in [1.29, 1.82) is 0 Å². The van der Waals surface area contributed by atoms with Gasteiger partial charge in [-0.05, 0) is 28.3 Å². The van der Waals surface area contributed by atoms with Gasteiger partial charge in [-0.3, -0.25) is 0 Å². The molecule has 0 unspecified atom stereocenters. The molecule has 0 atom stereocenters. The van der Waals surface area contributed by atoms with E-state index < -0.39 is 0 Å². The molecule has 0 aliphatic rings. The maximum absolute atomic E-state index is 8.97. The Balaban J connectivity index is 2.46. The molecule has 0 aliphatic heterocycles. The van der Waals surface area contributed by atoms with Gasteiger partial charge in [0, 0.05) is 0 Å². The van der Waals surface area contributed by atoms with E-state index in [1.165, 1.54) is 16.3 Å². The fraction of sp³-hybridized carbons (Fsp3) is 0.143. The Morgan fingerprint density at radius 2 is 1.80 bits per heavy atom. The summed E-state index contributed by atoms with van der Waals surface area (Å²) in [5, 5.41) is 11.5. The van der Waals surface area contributed by atoms with Crippen LogP contribution in [-0.2, 0) is 6.42 Å². The monoisotopic (exact) mass is 198 g/mol. The van der Waals surface area contributed by atoms with Gasteiger partial charge in [-0.2, -0.15) is 0 Å². The van der Waals surface area contributed by atoms with Gasteiger partial charge in [0.15, 0.2) is 0 Å². The largest absolute Gasteiger partial charge is 0.392 e. The average molecular weight is 198 g/mol. The molecule has 0 heterocycles. The van der Waals surface area contributed by atoms with Crippen LogP contribution >= 0.6 is 0 Å². The van der Waals surface area contributed by atoms with E-state index in [0.717, 1.165) is 12.0 Å². The van der Waals surface area contributed by atoms with Crippen LogP contribution in [0.5, 0.6) is 0 Å². The lowest BCUT2D eigenvalue weighted by Crippen LogP contribution is -1.94. The third kappa shape index (κ3) is 2.08. The molecule has 0 bridgehead atoms. The first-order valence-corrected chi connectivity index (χ1v) is 5.05. The molecule has 15 heavy (non-hydrogen) atoms. The fourth-order valence-corrected chi connectivity index (χ4v) is 1.77. The lowest BCUT2D eigenvalue weighted by Gasteiger charge is -2.06. The summed E-state index contributed by atoms with van der Waals surface area (Å²) >= 11 is 0. The molecule has 0 amide bonds. The number of hydrogen-bond acceptors (Lipinski definition) is 1. The van der Waals surface area contributed by atoms with E-state index in [4.69, 9.17) is 5.11 Å². The van der Waals surface area contributed by atoms with E-state index in [2.05, 4.69) is 30.8 Å². The second-order valence-electron chi connectivity index (χ2n) is 3.72. The maximum Gasteiger partial charge on any atom is 0.0642 e. The van der Waals surface area contributed by atoms with Crippen molar-refractivity contribution in [2.75, 3.05) is 6.61 Å². The van der Waals surface area contributed by atoms with Crippen molar-refractivity contribution < 1.29 is 5.11 Å². The maximum atomic E-state index is 8.97. The van der Waals surface area contributed by atoms with Gasteiger partial charge in [0.25, 0.3) is 0 Å². The highest BCUT2D eigenvalue weighted by molar-refractivity contribution is 5.85. The number of fused-ring (bicyclic) bond motifs is 1. The van der Waals surface area contributed by atoms with E-state index in [0.29, 0.717) is 0 Å². The van der Waals surface area contributed by atoms with Crippen molar-refractivity contribution in [2.45, 2.75) is 6.42 Å². The minimum Gasteiger partial charge on any atom is -0.392 e. The highest BCUT2D eigenvalue weighted by Gasteiger charge is 2.01. The van der Waals surface area contributed by atoms with Crippen LogP contribution in [0.2, 0.25) is 0 Å². The van der Waals surface area contributed by atoms with E-state index in [1.807, 2.05) is 18.2 Å². The highest BCUT2D eigenvalue weighted by Crippen LogP contribution is 2.20. The molecular weight excluding hydrogens is 184 g/mol. The summed E-state index contributed by atoms with van der Waals surface area (Å²) in [7, 11) is 0. The van der Waals surface area contributed by atoms with Crippen LogP contribution < -0.4 is 0 Å². The summed E-state index contributed by atoms with van der Waals surface area (Å²) in [4.78, 5) is 0. The summed E-state index contributed by atoms with van der Waals surface area (Å²) in [6.45, 7) is 3.88. The number of benzene rings is 2. The predicted octanol–water partition coefficient (Wildman–Crippen LogP) is 2.93. The summed E-state index contributed by atoms with van der Waals surface area (Å²) in [6, 6.07) is 14.5. The first-order valence-electron chi connectivity index (χ1n) is 5.05. The zero-order valence-electron chi connectivity index (χ0n) is 8.61. The Labute approximate surface area is 89.7 Å². The van der Waals surface area contributed by atoms with E-state index in [9.17, 15) is 0 Å². The van der Waals surface area contributed by atoms with Crippen LogP contribution in [0.4, 0.5) is 0 Å². The fourth-order valence-electron chi connectivity index (χ4n) is 1.77. The summed E-state index contributed by atoms with van der Waals surface area (Å²) in [5.41, 5.74) is 2.08. The minimum atomic E-state index is 0.0588. The quantitative estimate of drug-likeness (QED) is 0.752. The van der Waals surface area contributed by atoms with Crippen molar-refractivity contribution in [3.63, 3.8) is 0 Å². The lowest BCUT2D eigenvalue weighted by atomic mass is 9.99. The first-order chi connectivity index (χ1) is 7.31. The number of aliphatic hydroxyl groups excluding tert-OH is 1. The van der Waals surface area contributed by atoms with Gasteiger partial charge in [-0.25, -0.2) is 0 Å². The predicted molar refractivity (Wildman–Crippen MR) is 63.9 cm³/mol. The van der Waals surface area contributed by atoms with E-state index in [1.54, 1.807) is 0 Å². The normalized spacial score (nSPS) is 10.5. The second-order valence-corrected chi connectivity index (χ2v) is 3.72. The molecule has 1 nitrogen and oxygen atoms in total. The zero-order valence-corrected chi connectivity index (χ0v) is 8.61. The van der Waals surface area contributed by atoms with Gasteiger partial charge < -0.3 is 5.11 Å². The number of rotatable bonds is 3. The molecule has 0 fully saturated rings. The molecule has 1 heteroatoms. The van der Waals surface area contributed by atoms with Crippen molar-refractivity contribution in [2.24, 2.45) is 0 Å². The van der Waals surface area contributed by atoms with E-state index >= 15 is 0 Å². The first kappa shape index (κ1) is 9.94. The average Bonchev–Trinajstić information content (AvgIpc) is 2.29. The number of hydrogen-bond donors (Lipinski definition) is 1. The topological polar surface area (TPSA) is 20.2 Å². The third-order valence-corrected chi connectivity index (χ3v) is 2.54. The van der Waals surface area contributed by atoms with Gasteiger partial charge in [-0.1, -0.05) is 49.0 Å². The standard InChI is InChI=1S/C14H14O/c1-11(10-15)9-13-7-4-6-12-5-2-3-8-14(12)13/h2-8,15H,1,9-10H2. The molecule has 0 aliphatic carbocycles. The van der Waals surface area contributed by atoms with Crippen molar-refractivity contribution in [3.05, 3.63) is 60.2 Å². The molecule has 1 N–H and O–H groups in total. The summed E-state index contributed by atoms with van der Waals surface area (Å²) in [6.07, 6.45) is 0.748. The van der Waals surface area contributed by atoms with Gasteiger partial charge in [0.05, 0.1) is 6.61 Å². The van der Waals surface area contributed by atoms with Crippen molar-refractivity contribution >= 4 is 10.8 Å². The third-order valence-electron chi connectivity index (χ3n) is 2.54. The zero-order chi connectivity index (χ0) is 10.7. The van der Waals surface area contributed by atoms with Crippen LogP contribution in [-0.4, -0.2) is 11.7 Å². The van der Waals surface area contributed by atoms with Crippen molar-refractivity contribution in [1.82, 2.24) is 0 Å². The SMILES string of the molecule is C=C(CO)Cc1cccc2ccccc12. The highest BCUT2D eigenvalue weighted by atomic mass is 16.3. The molecule has 0 spiro atoms. The number of aliphatic hydroxyl groups is 1. The smallest absolute Gasteiger partial charge is 0.0642 e. The lowest BCUT2D eigenvalue weighted by molar-refractivity contribution is 0.329. The van der Waals surface area contributed by atoms with Gasteiger partial charge in [0.2, 0.25) is 0 Å². The molecule has 2 rings (SSSR count). The molecule has 2 aromatic rings. The van der Waals surface area contributed by atoms with Crippen LogP contribution in [0.1, 0.15) is 5.56 Å². The molecule has 0 saturated carbocycles. The van der Waals surface area contributed by atoms with Crippen LogP contribution in [0.25, 0.3) is 10.8 Å². The summed E-state index contributed by atoms with van der Waals surface area (Å²) < 4.78 is 0. The van der Waals surface area contributed by atoms with Gasteiger partial charge >= 0.3 is 0 Å². The molecule has 0 radical (unpaired) electrons. The Kier molecular flexibility index (Phi) is 2.84. The van der Waals surface area contributed by atoms with Crippen LogP contribution in [0.3, 0.4) is 0 Å². The molecule has 0 aromatic heterocycles. The Bertz CT molecular complexity index is 480. The van der Waals surface area contributed by atoms with Crippen LogP contribution in [0, 0.1) is 0 Å². The van der Waals surface area contributed by atoms with Crippen LogP contribution in [0.15, 0.2) is 54.6 Å². The second kappa shape index (κ2) is 4.28. The Morgan fingerprint density at radius 1 is 1.07 bits per heavy atom. The summed E-state index contributed by atoms with van der Waals surface area (Å²) in [5.74, 6) is 0. The Morgan fingerprint density at radius 3 is 2.60 bits per heavy atom. The van der Waals surface area contributed by atoms with Gasteiger partial charge in [0.1, 0.15) is 0 Å². The minimum absolute atomic E-state index is 0.0588. The van der Waals surface area contributed by atoms with Gasteiger partial charge in [-0.15, -0.1) is 0 Å². The molecular formula is C14H14O. The Hall–Kier alpha value is -1.60. The molecule has 2 aromatic carbocycles.